The maximum absolute atomic E-state index is 3.86. The molecule has 8 rings (SSSR count). The standard InChI is InChI=1S/C32H21N3/c1-3-9-21(10-4-1)34-20-19-26-27(34)17-15-23-24-16-18-29-30(32(24)33-31(23)26)25-13-7-8-14-28(25)35(29)22-11-5-2-6-12-22/h1-20,33H. The topological polar surface area (TPSA) is 25.6 Å². The molecule has 0 radical (unpaired) electrons. The van der Waals surface area contributed by atoms with E-state index in [0.717, 1.165) is 0 Å². The zero-order valence-electron chi connectivity index (χ0n) is 18.9. The molecule has 0 aliphatic rings. The van der Waals surface area contributed by atoms with Crippen molar-refractivity contribution < 1.29 is 0 Å². The van der Waals surface area contributed by atoms with E-state index in [1.807, 2.05) is 0 Å². The van der Waals surface area contributed by atoms with Crippen LogP contribution < -0.4 is 0 Å². The van der Waals surface area contributed by atoms with Crippen LogP contribution in [0.25, 0.3) is 65.9 Å². The Morgan fingerprint density at radius 1 is 0.429 bits per heavy atom. The summed E-state index contributed by atoms with van der Waals surface area (Å²) in [7, 11) is 0. The van der Waals surface area contributed by atoms with Gasteiger partial charge in [0.2, 0.25) is 0 Å². The minimum absolute atomic E-state index is 1.17. The normalized spacial score (nSPS) is 12.0. The molecular weight excluding hydrogens is 426 g/mol. The molecule has 0 aliphatic heterocycles. The number of nitrogens with one attached hydrogen (secondary N) is 1. The Balaban J connectivity index is 1.50. The number of benzene rings is 5. The van der Waals surface area contributed by atoms with Crippen molar-refractivity contribution in [3.05, 3.63) is 121 Å². The summed E-state index contributed by atoms with van der Waals surface area (Å²) < 4.78 is 4.63. The zero-order valence-corrected chi connectivity index (χ0v) is 18.9. The second-order valence-corrected chi connectivity index (χ2v) is 9.14. The van der Waals surface area contributed by atoms with E-state index in [2.05, 4.69) is 136 Å². The molecule has 0 atom stereocenters. The molecule has 3 nitrogen and oxygen atoms in total. The fourth-order valence-electron chi connectivity index (χ4n) is 5.78. The lowest BCUT2D eigenvalue weighted by Gasteiger charge is -2.07. The number of aromatic amines is 1. The highest BCUT2D eigenvalue weighted by Crippen LogP contribution is 2.40. The molecule has 0 bridgehead atoms. The first-order chi connectivity index (χ1) is 17.4. The summed E-state index contributed by atoms with van der Waals surface area (Å²) in [6, 6.07) is 41.2. The number of rotatable bonds is 2. The average Bonchev–Trinajstić information content (AvgIpc) is 3.61. The third kappa shape index (κ3) is 2.50. The number of fused-ring (bicyclic) bond motifs is 9. The van der Waals surface area contributed by atoms with Crippen LogP contribution in [0.15, 0.2) is 121 Å². The first-order valence-corrected chi connectivity index (χ1v) is 12.0. The van der Waals surface area contributed by atoms with E-state index >= 15 is 0 Å². The van der Waals surface area contributed by atoms with Gasteiger partial charge >= 0.3 is 0 Å². The van der Waals surface area contributed by atoms with Crippen LogP contribution in [0, 0.1) is 0 Å². The van der Waals surface area contributed by atoms with Crippen molar-refractivity contribution in [2.75, 3.05) is 0 Å². The largest absolute Gasteiger partial charge is 0.353 e. The third-order valence-electron chi connectivity index (χ3n) is 7.30. The lowest BCUT2D eigenvalue weighted by molar-refractivity contribution is 1.13. The molecule has 0 saturated heterocycles. The minimum Gasteiger partial charge on any atom is -0.353 e. The first-order valence-electron chi connectivity index (χ1n) is 12.0. The van der Waals surface area contributed by atoms with Gasteiger partial charge in [-0.3, -0.25) is 0 Å². The van der Waals surface area contributed by atoms with E-state index in [9.17, 15) is 0 Å². The van der Waals surface area contributed by atoms with Crippen molar-refractivity contribution in [3.63, 3.8) is 0 Å². The SMILES string of the molecule is c1ccc(-n2ccc3c4[nH]c5c(ccc6c5c5ccccc5n6-c5ccccc5)c4ccc32)cc1. The number of hydrogen-bond acceptors (Lipinski definition) is 0. The summed E-state index contributed by atoms with van der Waals surface area (Å²) >= 11 is 0. The van der Waals surface area contributed by atoms with Gasteiger partial charge in [-0.1, -0.05) is 66.7 Å². The van der Waals surface area contributed by atoms with Crippen LogP contribution >= 0.6 is 0 Å². The smallest absolute Gasteiger partial charge is 0.0566 e. The molecule has 8 aromatic rings. The quantitative estimate of drug-likeness (QED) is 0.275. The van der Waals surface area contributed by atoms with E-state index in [-0.39, 0.29) is 0 Å². The van der Waals surface area contributed by atoms with Gasteiger partial charge in [0.25, 0.3) is 0 Å². The van der Waals surface area contributed by atoms with E-state index in [0.29, 0.717) is 0 Å². The summed E-state index contributed by atoms with van der Waals surface area (Å²) in [6.07, 6.45) is 2.17. The molecule has 3 aromatic heterocycles. The number of H-pyrrole nitrogens is 1. The van der Waals surface area contributed by atoms with Gasteiger partial charge in [0.1, 0.15) is 0 Å². The predicted molar refractivity (Wildman–Crippen MR) is 147 cm³/mol. The Morgan fingerprint density at radius 3 is 1.89 bits per heavy atom. The Kier molecular flexibility index (Phi) is 3.66. The fraction of sp³-hybridized carbons (Fsp3) is 0. The monoisotopic (exact) mass is 447 g/mol. The molecule has 0 unspecified atom stereocenters. The van der Waals surface area contributed by atoms with Gasteiger partial charge in [-0.05, 0) is 48.5 Å². The zero-order chi connectivity index (χ0) is 22.9. The molecular formula is C32H21N3. The summed E-state index contributed by atoms with van der Waals surface area (Å²) in [5, 5.41) is 6.30. The summed E-state index contributed by atoms with van der Waals surface area (Å²) in [4.78, 5) is 3.86. The van der Waals surface area contributed by atoms with Gasteiger partial charge in [-0.25, -0.2) is 0 Å². The van der Waals surface area contributed by atoms with Crippen LogP contribution in [0.1, 0.15) is 0 Å². The van der Waals surface area contributed by atoms with E-state index in [1.165, 1.54) is 65.9 Å². The Bertz CT molecular complexity index is 2040. The van der Waals surface area contributed by atoms with Gasteiger partial charge in [-0.15, -0.1) is 0 Å². The second kappa shape index (κ2) is 6.87. The van der Waals surface area contributed by atoms with Crippen LogP contribution in [0.3, 0.4) is 0 Å². The molecule has 0 amide bonds. The third-order valence-corrected chi connectivity index (χ3v) is 7.30. The van der Waals surface area contributed by atoms with Crippen molar-refractivity contribution >= 4 is 54.5 Å². The molecule has 1 N–H and O–H groups in total. The van der Waals surface area contributed by atoms with E-state index in [4.69, 9.17) is 0 Å². The summed E-state index contributed by atoms with van der Waals surface area (Å²) in [5.41, 5.74) is 8.38. The van der Waals surface area contributed by atoms with Crippen LogP contribution in [-0.2, 0) is 0 Å². The van der Waals surface area contributed by atoms with Crippen molar-refractivity contribution in [1.29, 1.82) is 0 Å². The molecule has 3 heteroatoms. The highest BCUT2D eigenvalue weighted by atomic mass is 15.0. The molecule has 5 aromatic carbocycles. The van der Waals surface area contributed by atoms with Gasteiger partial charge in [0.05, 0.1) is 27.6 Å². The number of nitrogens with zero attached hydrogens (tertiary/aromatic N) is 2. The minimum atomic E-state index is 1.17. The van der Waals surface area contributed by atoms with Gasteiger partial charge in [-0.2, -0.15) is 0 Å². The summed E-state index contributed by atoms with van der Waals surface area (Å²) in [5.74, 6) is 0. The summed E-state index contributed by atoms with van der Waals surface area (Å²) in [6.45, 7) is 0. The predicted octanol–water partition coefficient (Wildman–Crippen LogP) is 8.36. The highest BCUT2D eigenvalue weighted by Gasteiger charge is 2.18. The van der Waals surface area contributed by atoms with Crippen molar-refractivity contribution in [2.45, 2.75) is 0 Å². The van der Waals surface area contributed by atoms with Crippen LogP contribution in [0.2, 0.25) is 0 Å². The number of para-hydroxylation sites is 3. The van der Waals surface area contributed by atoms with Crippen molar-refractivity contribution in [1.82, 2.24) is 14.1 Å². The maximum Gasteiger partial charge on any atom is 0.0566 e. The molecule has 3 heterocycles. The van der Waals surface area contributed by atoms with Crippen molar-refractivity contribution in [3.8, 4) is 11.4 Å². The van der Waals surface area contributed by atoms with Gasteiger partial charge < -0.3 is 14.1 Å². The van der Waals surface area contributed by atoms with Gasteiger partial charge in [0, 0.05) is 44.5 Å². The first kappa shape index (κ1) is 18.6. The van der Waals surface area contributed by atoms with Crippen LogP contribution in [0.4, 0.5) is 0 Å². The molecule has 0 aliphatic carbocycles. The number of hydrogen-bond donors (Lipinski definition) is 1. The Labute approximate surface area is 201 Å². The highest BCUT2D eigenvalue weighted by molar-refractivity contribution is 6.27. The lowest BCUT2D eigenvalue weighted by atomic mass is 10.1. The molecule has 35 heavy (non-hydrogen) atoms. The van der Waals surface area contributed by atoms with Crippen molar-refractivity contribution in [2.24, 2.45) is 0 Å². The molecule has 164 valence electrons. The fourth-order valence-corrected chi connectivity index (χ4v) is 5.78. The van der Waals surface area contributed by atoms with Crippen LogP contribution in [-0.4, -0.2) is 14.1 Å². The average molecular weight is 448 g/mol. The van der Waals surface area contributed by atoms with E-state index in [1.54, 1.807) is 0 Å². The second-order valence-electron chi connectivity index (χ2n) is 9.14. The Morgan fingerprint density at radius 2 is 1.09 bits per heavy atom. The molecule has 0 fully saturated rings. The number of aromatic nitrogens is 3. The van der Waals surface area contributed by atoms with Crippen LogP contribution in [0.5, 0.6) is 0 Å². The molecule has 0 spiro atoms. The maximum atomic E-state index is 3.86. The molecule has 0 saturated carbocycles. The Hall–Kier alpha value is -4.76. The lowest BCUT2D eigenvalue weighted by Crippen LogP contribution is -1.92. The van der Waals surface area contributed by atoms with E-state index < -0.39 is 0 Å². The van der Waals surface area contributed by atoms with Gasteiger partial charge in [0.15, 0.2) is 0 Å².